The maximum absolute atomic E-state index is 11.8. The number of esters is 2. The molecule has 0 aliphatic heterocycles. The maximum atomic E-state index is 11.8. The van der Waals surface area contributed by atoms with E-state index < -0.39 is 24.0 Å². The zero-order chi connectivity index (χ0) is 15.0. The summed E-state index contributed by atoms with van der Waals surface area (Å²) in [5.74, 6) is -0.951. The van der Waals surface area contributed by atoms with Crippen molar-refractivity contribution >= 4 is 11.9 Å². The average Bonchev–Trinajstić information content (AvgIpc) is 2.51. The van der Waals surface area contributed by atoms with Gasteiger partial charge in [-0.2, -0.15) is 0 Å². The molecular formula is C14H19NO5. The van der Waals surface area contributed by atoms with Crippen LogP contribution in [-0.2, 0) is 19.1 Å². The van der Waals surface area contributed by atoms with Crippen molar-refractivity contribution in [2.24, 2.45) is 0 Å². The zero-order valence-electron chi connectivity index (χ0n) is 11.5. The average molecular weight is 281 g/mol. The largest absolute Gasteiger partial charge is 0.469 e. The van der Waals surface area contributed by atoms with Gasteiger partial charge in [0.25, 0.3) is 0 Å². The second-order valence-electron chi connectivity index (χ2n) is 4.19. The van der Waals surface area contributed by atoms with Crippen LogP contribution in [0, 0.1) is 0 Å². The molecule has 0 aliphatic rings. The number of nitrogens with one attached hydrogen (secondary N) is 1. The molecule has 0 aliphatic carbocycles. The van der Waals surface area contributed by atoms with Gasteiger partial charge in [0.05, 0.1) is 27.2 Å². The number of rotatable bonds is 7. The normalized spacial score (nSPS) is 13.3. The Hall–Kier alpha value is -1.92. The first-order valence-electron chi connectivity index (χ1n) is 6.18. The molecule has 1 aromatic carbocycles. The molecule has 0 unspecified atom stereocenters. The van der Waals surface area contributed by atoms with E-state index in [9.17, 15) is 14.7 Å². The molecule has 0 saturated carbocycles. The minimum Gasteiger partial charge on any atom is -0.469 e. The smallest absolute Gasteiger partial charge is 0.327 e. The maximum Gasteiger partial charge on any atom is 0.327 e. The summed E-state index contributed by atoms with van der Waals surface area (Å²) < 4.78 is 9.29. The third-order valence-corrected chi connectivity index (χ3v) is 2.83. The van der Waals surface area contributed by atoms with Crippen LogP contribution in [0.15, 0.2) is 30.3 Å². The number of ether oxygens (including phenoxy) is 2. The van der Waals surface area contributed by atoms with Gasteiger partial charge in [-0.15, -0.1) is 0 Å². The lowest BCUT2D eigenvalue weighted by Gasteiger charge is -2.22. The van der Waals surface area contributed by atoms with Crippen LogP contribution in [0.1, 0.15) is 18.0 Å². The Kier molecular flexibility index (Phi) is 6.69. The molecule has 6 heteroatoms. The van der Waals surface area contributed by atoms with Crippen LogP contribution in [0.3, 0.4) is 0 Å². The summed E-state index contributed by atoms with van der Waals surface area (Å²) in [6.45, 7) is -0.296. The van der Waals surface area contributed by atoms with Crippen LogP contribution in [0.25, 0.3) is 0 Å². The standard InChI is InChI=1S/C14H19NO5/c1-19-12(17)8-11(9-16)15-13(14(18)20-2)10-6-4-3-5-7-10/h3-7,11,13,15-16H,8-9H2,1-2H3/t11-,13+/m0/s1. The lowest BCUT2D eigenvalue weighted by atomic mass is 10.1. The van der Waals surface area contributed by atoms with E-state index in [2.05, 4.69) is 10.1 Å². The van der Waals surface area contributed by atoms with Gasteiger partial charge in [0, 0.05) is 6.04 Å². The fourth-order valence-corrected chi connectivity index (χ4v) is 1.76. The first kappa shape index (κ1) is 16.1. The molecule has 1 aromatic rings. The molecule has 0 amide bonds. The molecule has 2 N–H and O–H groups in total. The summed E-state index contributed by atoms with van der Waals surface area (Å²) in [5.41, 5.74) is 0.697. The Labute approximate surface area is 117 Å². The molecule has 110 valence electrons. The van der Waals surface area contributed by atoms with Gasteiger partial charge < -0.3 is 14.6 Å². The van der Waals surface area contributed by atoms with Gasteiger partial charge >= 0.3 is 11.9 Å². The van der Waals surface area contributed by atoms with Crippen LogP contribution in [0.4, 0.5) is 0 Å². The fourth-order valence-electron chi connectivity index (χ4n) is 1.76. The van der Waals surface area contributed by atoms with Gasteiger partial charge in [-0.3, -0.25) is 10.1 Å². The molecule has 20 heavy (non-hydrogen) atoms. The summed E-state index contributed by atoms with van der Waals surface area (Å²) in [6.07, 6.45) is -0.0344. The molecule has 0 aromatic heterocycles. The second kappa shape index (κ2) is 8.29. The highest BCUT2D eigenvalue weighted by Crippen LogP contribution is 2.15. The van der Waals surface area contributed by atoms with Gasteiger partial charge in [-0.25, -0.2) is 4.79 Å². The molecule has 0 fully saturated rings. The lowest BCUT2D eigenvalue weighted by molar-refractivity contribution is -0.145. The number of aliphatic hydroxyl groups is 1. The van der Waals surface area contributed by atoms with E-state index in [1.165, 1.54) is 14.2 Å². The minimum atomic E-state index is -0.747. The Morgan fingerprint density at radius 1 is 1.20 bits per heavy atom. The van der Waals surface area contributed by atoms with E-state index in [1.54, 1.807) is 24.3 Å². The van der Waals surface area contributed by atoms with Crippen molar-refractivity contribution in [3.8, 4) is 0 Å². The Morgan fingerprint density at radius 2 is 1.85 bits per heavy atom. The van der Waals surface area contributed by atoms with E-state index >= 15 is 0 Å². The Balaban J connectivity index is 2.84. The topological polar surface area (TPSA) is 84.9 Å². The Morgan fingerprint density at radius 3 is 2.35 bits per heavy atom. The second-order valence-corrected chi connectivity index (χ2v) is 4.19. The van der Waals surface area contributed by atoms with Crippen molar-refractivity contribution in [1.82, 2.24) is 5.32 Å². The van der Waals surface area contributed by atoms with Crippen LogP contribution in [-0.4, -0.2) is 43.9 Å². The van der Waals surface area contributed by atoms with Crippen molar-refractivity contribution in [1.29, 1.82) is 0 Å². The molecule has 2 atom stereocenters. The first-order valence-corrected chi connectivity index (χ1v) is 6.18. The number of hydrogen-bond acceptors (Lipinski definition) is 6. The van der Waals surface area contributed by atoms with E-state index in [0.29, 0.717) is 5.56 Å². The quantitative estimate of drug-likeness (QED) is 0.704. The SMILES string of the molecule is COC(=O)C[C@@H](CO)N[C@@H](C(=O)OC)c1ccccc1. The van der Waals surface area contributed by atoms with Crippen LogP contribution in [0.5, 0.6) is 0 Å². The number of carbonyl (C=O) groups excluding carboxylic acids is 2. The van der Waals surface area contributed by atoms with Crippen LogP contribution in [0.2, 0.25) is 0 Å². The minimum absolute atomic E-state index is 0.0344. The van der Waals surface area contributed by atoms with Crippen molar-refractivity contribution < 1.29 is 24.2 Å². The highest BCUT2D eigenvalue weighted by Gasteiger charge is 2.25. The van der Waals surface area contributed by atoms with Crippen LogP contribution >= 0.6 is 0 Å². The predicted octanol–water partition coefficient (Wildman–Crippen LogP) is 0.414. The monoisotopic (exact) mass is 281 g/mol. The highest BCUT2D eigenvalue weighted by atomic mass is 16.5. The molecular weight excluding hydrogens is 262 g/mol. The third-order valence-electron chi connectivity index (χ3n) is 2.83. The number of benzene rings is 1. The van der Waals surface area contributed by atoms with E-state index in [0.717, 1.165) is 0 Å². The lowest BCUT2D eigenvalue weighted by Crippen LogP contribution is -2.41. The first-order chi connectivity index (χ1) is 9.62. The molecule has 6 nitrogen and oxygen atoms in total. The summed E-state index contributed by atoms with van der Waals surface area (Å²) >= 11 is 0. The predicted molar refractivity (Wildman–Crippen MR) is 71.8 cm³/mol. The molecule has 0 heterocycles. The van der Waals surface area contributed by atoms with Crippen molar-refractivity contribution in [2.75, 3.05) is 20.8 Å². The van der Waals surface area contributed by atoms with E-state index in [4.69, 9.17) is 4.74 Å². The van der Waals surface area contributed by atoms with E-state index in [1.807, 2.05) is 6.07 Å². The third kappa shape index (κ3) is 4.64. The number of aliphatic hydroxyl groups excluding tert-OH is 1. The van der Waals surface area contributed by atoms with Crippen molar-refractivity contribution in [2.45, 2.75) is 18.5 Å². The van der Waals surface area contributed by atoms with Gasteiger partial charge in [0.2, 0.25) is 0 Å². The summed E-state index contributed by atoms with van der Waals surface area (Å²) in [5, 5.41) is 12.2. The Bertz CT molecular complexity index is 434. The fraction of sp³-hybridized carbons (Fsp3) is 0.429. The van der Waals surface area contributed by atoms with Crippen molar-refractivity contribution in [3.63, 3.8) is 0 Å². The molecule has 0 spiro atoms. The van der Waals surface area contributed by atoms with Crippen LogP contribution < -0.4 is 5.32 Å². The van der Waals surface area contributed by atoms with Gasteiger partial charge in [0.1, 0.15) is 6.04 Å². The molecule has 0 saturated heterocycles. The van der Waals surface area contributed by atoms with Gasteiger partial charge in [-0.05, 0) is 5.56 Å². The number of carbonyl (C=O) groups is 2. The summed E-state index contributed by atoms with van der Waals surface area (Å²) in [7, 11) is 2.56. The van der Waals surface area contributed by atoms with Crippen molar-refractivity contribution in [3.05, 3.63) is 35.9 Å². The molecule has 0 radical (unpaired) electrons. The van der Waals surface area contributed by atoms with E-state index in [-0.39, 0.29) is 13.0 Å². The number of methoxy groups -OCH3 is 2. The summed E-state index contributed by atoms with van der Waals surface area (Å²) in [6, 6.07) is 7.61. The highest BCUT2D eigenvalue weighted by molar-refractivity contribution is 5.77. The van der Waals surface area contributed by atoms with Gasteiger partial charge in [0.15, 0.2) is 0 Å². The zero-order valence-corrected chi connectivity index (χ0v) is 11.5. The molecule has 1 rings (SSSR count). The number of hydrogen-bond donors (Lipinski definition) is 2. The molecule has 0 bridgehead atoms. The van der Waals surface area contributed by atoms with Gasteiger partial charge in [-0.1, -0.05) is 30.3 Å². The summed E-state index contributed by atoms with van der Waals surface area (Å²) in [4.78, 5) is 23.1.